The van der Waals surface area contributed by atoms with E-state index >= 15 is 0 Å². The predicted molar refractivity (Wildman–Crippen MR) is 142 cm³/mol. The Bertz CT molecular complexity index is 1640. The molecule has 10 atom stereocenters. The van der Waals surface area contributed by atoms with E-state index in [4.69, 9.17) is 23.4 Å². The van der Waals surface area contributed by atoms with Crippen molar-refractivity contribution in [2.45, 2.75) is 61.4 Å². The summed E-state index contributed by atoms with van der Waals surface area (Å²) in [5, 5.41) is 110. The number of carboxylic acids is 1. The third-order valence-corrected chi connectivity index (χ3v) is 7.28. The molecule has 2 aliphatic heterocycles. The van der Waals surface area contributed by atoms with Crippen molar-refractivity contribution in [3.63, 3.8) is 0 Å². The lowest BCUT2D eigenvalue weighted by atomic mass is 9.99. The first-order valence-corrected chi connectivity index (χ1v) is 13.2. The molecule has 2 fully saturated rings. The van der Waals surface area contributed by atoms with Gasteiger partial charge < -0.3 is 79.5 Å². The van der Waals surface area contributed by atoms with Crippen LogP contribution < -0.4 is 14.9 Å². The molecule has 0 saturated carbocycles. The molecule has 5 rings (SSSR count). The van der Waals surface area contributed by atoms with Crippen LogP contribution in [0.3, 0.4) is 0 Å². The fourth-order valence-electron chi connectivity index (χ4n) is 4.88. The number of phenolic OH excluding ortho intramolecular Hbond substituents is 3. The maximum atomic E-state index is 13.6. The average molecular weight is 641 g/mol. The lowest BCUT2D eigenvalue weighted by Crippen LogP contribution is -2.61. The molecule has 0 amide bonds. The molecule has 11 N–H and O–H groups in total. The number of ether oxygens (including phenoxy) is 4. The topological polar surface area (TPSA) is 307 Å². The van der Waals surface area contributed by atoms with Crippen LogP contribution in [-0.4, -0.2) is 130 Å². The second-order valence-electron chi connectivity index (χ2n) is 10.3. The van der Waals surface area contributed by atoms with E-state index < -0.39 is 114 Å². The number of carboxylic acid groups (broad SMARTS) is 1. The number of aromatic hydroxyl groups is 3. The zero-order valence-corrected chi connectivity index (χ0v) is 22.6. The van der Waals surface area contributed by atoms with Crippen molar-refractivity contribution in [2.75, 3.05) is 6.61 Å². The molecule has 1 aromatic heterocycles. The monoisotopic (exact) mass is 640 g/mol. The van der Waals surface area contributed by atoms with Gasteiger partial charge in [-0.05, 0) is 18.2 Å². The van der Waals surface area contributed by atoms with Crippen LogP contribution in [0, 0.1) is 0 Å². The van der Waals surface area contributed by atoms with Crippen LogP contribution in [0.15, 0.2) is 39.5 Å². The van der Waals surface area contributed by atoms with Gasteiger partial charge in [0.05, 0.1) is 6.61 Å². The zero-order chi connectivity index (χ0) is 32.9. The first kappa shape index (κ1) is 32.2. The Balaban J connectivity index is 1.56. The number of phenols is 3. The minimum absolute atomic E-state index is 0.161. The van der Waals surface area contributed by atoms with E-state index in [0.29, 0.717) is 0 Å². The number of fused-ring (bicyclic) bond motifs is 1. The second-order valence-corrected chi connectivity index (χ2v) is 10.3. The normalized spacial score (nSPS) is 31.9. The zero-order valence-electron chi connectivity index (χ0n) is 22.6. The first-order valence-electron chi connectivity index (χ1n) is 13.2. The summed E-state index contributed by atoms with van der Waals surface area (Å²) in [6.45, 7) is -0.743. The van der Waals surface area contributed by atoms with Crippen LogP contribution in [0.5, 0.6) is 28.7 Å². The molecule has 18 heteroatoms. The highest BCUT2D eigenvalue weighted by Gasteiger charge is 2.49. The quantitative estimate of drug-likeness (QED) is 0.123. The first-order chi connectivity index (χ1) is 21.2. The van der Waals surface area contributed by atoms with Gasteiger partial charge in [0.25, 0.3) is 0 Å². The van der Waals surface area contributed by atoms with Gasteiger partial charge in [-0.2, -0.15) is 0 Å². The smallest absolute Gasteiger partial charge is 0.335 e. The highest BCUT2D eigenvalue weighted by Crippen LogP contribution is 2.40. The van der Waals surface area contributed by atoms with Gasteiger partial charge >= 0.3 is 5.97 Å². The molecule has 244 valence electrons. The molecule has 2 aromatic carbocycles. The van der Waals surface area contributed by atoms with Gasteiger partial charge in [0.2, 0.25) is 23.8 Å². The number of benzene rings is 2. The standard InChI is InChI=1S/C27H28O18/c28-6-13-15(32)17(34)20(37)26(43-13)42-11-2-1-7(3-9(11)30)22-23(16(33)14-10(31)4-8(29)5-12(14)41-22)44-27-21(38)18(35)19(36)24(45-27)25(39)40/h1-5,13,15,17-21,24,26-32,34-38H,6H2,(H,39,40)/t13-,15-,17+,18+,19+,20-,21-,24+,26-,27-/m1/s1. The fraction of sp³-hybridized carbons (Fsp3) is 0.407. The average Bonchev–Trinajstić information content (AvgIpc) is 2.98. The molecular formula is C27H28O18. The van der Waals surface area contributed by atoms with E-state index in [0.717, 1.165) is 24.3 Å². The van der Waals surface area contributed by atoms with Crippen molar-refractivity contribution in [1.29, 1.82) is 0 Å². The van der Waals surface area contributed by atoms with Crippen molar-refractivity contribution in [1.82, 2.24) is 0 Å². The maximum Gasteiger partial charge on any atom is 0.335 e. The third-order valence-electron chi connectivity index (χ3n) is 7.28. The highest BCUT2D eigenvalue weighted by molar-refractivity contribution is 5.88. The molecule has 45 heavy (non-hydrogen) atoms. The van der Waals surface area contributed by atoms with Crippen LogP contribution in [-0.2, 0) is 14.3 Å². The summed E-state index contributed by atoms with van der Waals surface area (Å²) >= 11 is 0. The molecule has 0 spiro atoms. The number of aliphatic hydroxyl groups is 7. The number of hydrogen-bond donors (Lipinski definition) is 11. The lowest BCUT2D eigenvalue weighted by Gasteiger charge is -2.39. The second kappa shape index (κ2) is 12.3. The minimum atomic E-state index is -2.10. The highest BCUT2D eigenvalue weighted by atomic mass is 16.7. The minimum Gasteiger partial charge on any atom is -0.508 e. The number of rotatable bonds is 7. The summed E-state index contributed by atoms with van der Waals surface area (Å²) in [6, 6.07) is 5.00. The Hall–Kier alpha value is -4.24. The van der Waals surface area contributed by atoms with E-state index in [2.05, 4.69) is 0 Å². The molecule has 2 saturated heterocycles. The molecule has 0 aliphatic carbocycles. The molecule has 3 aromatic rings. The summed E-state index contributed by atoms with van der Waals surface area (Å²) in [4.78, 5) is 25.1. The van der Waals surface area contributed by atoms with Crippen molar-refractivity contribution < 1.29 is 84.3 Å². The van der Waals surface area contributed by atoms with E-state index in [1.807, 2.05) is 0 Å². The third kappa shape index (κ3) is 5.81. The molecule has 18 nitrogen and oxygen atoms in total. The lowest BCUT2D eigenvalue weighted by molar-refractivity contribution is -0.277. The summed E-state index contributed by atoms with van der Waals surface area (Å²) < 4.78 is 27.0. The van der Waals surface area contributed by atoms with Crippen LogP contribution in [0.1, 0.15) is 0 Å². The van der Waals surface area contributed by atoms with Crippen molar-refractivity contribution in [3.8, 4) is 40.1 Å². The molecule has 3 heterocycles. The molecule has 0 unspecified atom stereocenters. The van der Waals surface area contributed by atoms with Gasteiger partial charge in [-0.25, -0.2) is 4.79 Å². The van der Waals surface area contributed by atoms with Crippen molar-refractivity contribution in [3.05, 3.63) is 40.6 Å². The summed E-state index contributed by atoms with van der Waals surface area (Å²) in [5.74, 6) is -5.42. The van der Waals surface area contributed by atoms with E-state index in [-0.39, 0.29) is 16.9 Å². The van der Waals surface area contributed by atoms with Gasteiger partial charge in [-0.3, -0.25) is 4.79 Å². The summed E-state index contributed by atoms with van der Waals surface area (Å²) in [5.41, 5.74) is -1.68. The fourth-order valence-corrected chi connectivity index (χ4v) is 4.88. The molecule has 2 aliphatic rings. The Morgan fingerprint density at radius 1 is 0.778 bits per heavy atom. The van der Waals surface area contributed by atoms with Gasteiger partial charge in [0.15, 0.2) is 23.4 Å². The van der Waals surface area contributed by atoms with Crippen molar-refractivity contribution in [2.24, 2.45) is 0 Å². The summed E-state index contributed by atoms with van der Waals surface area (Å²) in [7, 11) is 0. The SMILES string of the molecule is O=C(O)[C@H]1O[C@@H](Oc2c(-c3ccc(O[C@@H]4O[C@H](CO)[C@@H](O)[C@H](O)[C@H]4O)c(O)c3)oc3cc(O)cc(O)c3c2=O)[C@H](O)[C@@H](O)[C@@H]1O. The largest absolute Gasteiger partial charge is 0.508 e. The number of carbonyl (C=O) groups is 1. The number of aliphatic carboxylic acids is 1. The Labute approximate surface area is 250 Å². The van der Waals surface area contributed by atoms with Gasteiger partial charge in [-0.15, -0.1) is 0 Å². The van der Waals surface area contributed by atoms with Crippen molar-refractivity contribution >= 4 is 16.9 Å². The van der Waals surface area contributed by atoms with Gasteiger partial charge in [0, 0.05) is 17.7 Å². The number of hydrogen-bond acceptors (Lipinski definition) is 17. The van der Waals surface area contributed by atoms with E-state index in [1.54, 1.807) is 0 Å². The maximum absolute atomic E-state index is 13.6. The number of aliphatic hydroxyl groups excluding tert-OH is 7. The summed E-state index contributed by atoms with van der Waals surface area (Å²) in [6.07, 6.45) is -18.7. The predicted octanol–water partition coefficient (Wildman–Crippen LogP) is -2.97. The van der Waals surface area contributed by atoms with E-state index in [1.165, 1.54) is 6.07 Å². The van der Waals surface area contributed by atoms with Crippen LogP contribution in [0.2, 0.25) is 0 Å². The van der Waals surface area contributed by atoms with E-state index in [9.17, 15) is 65.8 Å². The Morgan fingerprint density at radius 3 is 2.04 bits per heavy atom. The van der Waals surface area contributed by atoms with Crippen LogP contribution >= 0.6 is 0 Å². The van der Waals surface area contributed by atoms with Crippen LogP contribution in [0.4, 0.5) is 0 Å². The van der Waals surface area contributed by atoms with Gasteiger partial charge in [-0.1, -0.05) is 0 Å². The Kier molecular flexibility index (Phi) is 8.77. The Morgan fingerprint density at radius 2 is 1.42 bits per heavy atom. The van der Waals surface area contributed by atoms with Crippen LogP contribution in [0.25, 0.3) is 22.3 Å². The van der Waals surface area contributed by atoms with Gasteiger partial charge in [0.1, 0.15) is 65.2 Å². The molecule has 0 bridgehead atoms. The molecule has 0 radical (unpaired) electrons. The molecular weight excluding hydrogens is 612 g/mol.